The molecule has 6 rings (SSSR count). The molecule has 3 aliphatic rings. The molecule has 3 aromatic rings. The highest BCUT2D eigenvalue weighted by atomic mass is 16.5. The number of nitrogens with zero attached hydrogens (tertiary/aromatic N) is 1. The molecule has 3 heterocycles. The zero-order chi connectivity index (χ0) is 27.9. The molecule has 1 saturated heterocycles. The maximum atomic E-state index is 13.5. The number of methoxy groups -OCH3 is 1. The predicted molar refractivity (Wildman–Crippen MR) is 146 cm³/mol. The molecule has 0 radical (unpaired) electrons. The number of fused-ring (bicyclic) bond motifs is 3. The monoisotopic (exact) mass is 542 g/mol. The molecule has 1 spiro atoms. The van der Waals surface area contributed by atoms with Crippen molar-refractivity contribution in [2.75, 3.05) is 31.0 Å². The molecule has 2 aliphatic heterocycles. The summed E-state index contributed by atoms with van der Waals surface area (Å²) in [5, 5.41) is 12.4. The molecule has 1 aliphatic carbocycles. The first kappa shape index (κ1) is 25.8. The molecule has 10 heteroatoms. The first-order valence-electron chi connectivity index (χ1n) is 13.3. The molecule has 0 bridgehead atoms. The zero-order valence-electron chi connectivity index (χ0n) is 22.3. The highest BCUT2D eigenvalue weighted by molar-refractivity contribution is 6.10. The molecule has 1 unspecified atom stereocenters. The van der Waals surface area contributed by atoms with Gasteiger partial charge in [0, 0.05) is 30.2 Å². The molecular formula is C30H30N4O6. The van der Waals surface area contributed by atoms with E-state index in [1.165, 1.54) is 11.8 Å². The maximum Gasteiger partial charge on any atom is 0.271 e. The van der Waals surface area contributed by atoms with Gasteiger partial charge in [0.1, 0.15) is 23.3 Å². The van der Waals surface area contributed by atoms with E-state index in [0.29, 0.717) is 49.5 Å². The van der Waals surface area contributed by atoms with Crippen molar-refractivity contribution in [3.8, 4) is 5.75 Å². The number of rotatable bonds is 7. The lowest BCUT2D eigenvalue weighted by molar-refractivity contribution is -0.124. The van der Waals surface area contributed by atoms with Crippen molar-refractivity contribution in [2.24, 2.45) is 0 Å². The van der Waals surface area contributed by atoms with Gasteiger partial charge in [0.05, 0.1) is 18.2 Å². The second-order valence-corrected chi connectivity index (χ2v) is 10.4. The minimum absolute atomic E-state index is 0.0394. The Kier molecular flexibility index (Phi) is 6.63. The van der Waals surface area contributed by atoms with Gasteiger partial charge >= 0.3 is 0 Å². The van der Waals surface area contributed by atoms with E-state index in [-0.39, 0.29) is 23.1 Å². The van der Waals surface area contributed by atoms with Crippen LogP contribution < -0.4 is 20.7 Å². The fraction of sp³-hybridized carbons (Fsp3) is 0.333. The second kappa shape index (κ2) is 10.3. The number of aryl methyl sites for hydroxylation is 1. The van der Waals surface area contributed by atoms with E-state index >= 15 is 0 Å². The Morgan fingerprint density at radius 3 is 2.80 bits per heavy atom. The van der Waals surface area contributed by atoms with E-state index in [4.69, 9.17) is 14.0 Å². The van der Waals surface area contributed by atoms with Crippen molar-refractivity contribution in [3.63, 3.8) is 0 Å². The second-order valence-electron chi connectivity index (χ2n) is 10.4. The predicted octanol–water partition coefficient (Wildman–Crippen LogP) is 3.97. The Labute approximate surface area is 231 Å². The molecule has 1 aromatic heterocycles. The summed E-state index contributed by atoms with van der Waals surface area (Å²) in [6, 6.07) is 11.4. The average Bonchev–Trinajstić information content (AvgIpc) is 3.48. The minimum Gasteiger partial charge on any atom is -0.496 e. The van der Waals surface area contributed by atoms with E-state index in [1.54, 1.807) is 32.2 Å². The Morgan fingerprint density at radius 2 is 2.05 bits per heavy atom. The van der Waals surface area contributed by atoms with Crippen LogP contribution in [0.3, 0.4) is 0 Å². The number of nitrogens with one attached hydrogen (secondary N) is 3. The van der Waals surface area contributed by atoms with Gasteiger partial charge in [0.15, 0.2) is 0 Å². The Morgan fingerprint density at radius 1 is 1.23 bits per heavy atom. The van der Waals surface area contributed by atoms with Gasteiger partial charge in [0.2, 0.25) is 5.91 Å². The highest BCUT2D eigenvalue weighted by Gasteiger charge is 2.47. The lowest BCUT2D eigenvalue weighted by atomic mass is 9.75. The number of hydrogen-bond acceptors (Lipinski definition) is 7. The third-order valence-corrected chi connectivity index (χ3v) is 8.17. The quantitative estimate of drug-likeness (QED) is 0.385. The van der Waals surface area contributed by atoms with Crippen LogP contribution in [-0.4, -0.2) is 43.2 Å². The number of carbonyl (C=O) groups is 3. The van der Waals surface area contributed by atoms with Crippen LogP contribution in [0.2, 0.25) is 0 Å². The zero-order valence-corrected chi connectivity index (χ0v) is 22.3. The smallest absolute Gasteiger partial charge is 0.271 e. The largest absolute Gasteiger partial charge is 0.496 e. The summed E-state index contributed by atoms with van der Waals surface area (Å²) in [5.74, 6) is -0.0299. The first-order chi connectivity index (χ1) is 19.4. The molecule has 3 N–H and O–H groups in total. The Bertz CT molecular complexity index is 1530. The fourth-order valence-electron chi connectivity index (χ4n) is 5.93. The van der Waals surface area contributed by atoms with Crippen LogP contribution in [0.1, 0.15) is 57.9 Å². The molecule has 3 amide bonds. The van der Waals surface area contributed by atoms with E-state index in [2.05, 4.69) is 27.2 Å². The summed E-state index contributed by atoms with van der Waals surface area (Å²) in [5.41, 5.74) is 4.63. The fourth-order valence-corrected chi connectivity index (χ4v) is 5.93. The summed E-state index contributed by atoms with van der Waals surface area (Å²) >= 11 is 0. The topological polar surface area (TPSA) is 132 Å². The molecule has 0 saturated carbocycles. The number of amides is 3. The summed E-state index contributed by atoms with van der Waals surface area (Å²) in [6.07, 6.45) is 5.62. The molecule has 206 valence electrons. The third kappa shape index (κ3) is 4.44. The molecule has 1 fully saturated rings. The van der Waals surface area contributed by atoms with E-state index in [0.717, 1.165) is 23.3 Å². The van der Waals surface area contributed by atoms with Crippen LogP contribution in [0, 0.1) is 6.92 Å². The normalized spacial score (nSPS) is 18.8. The van der Waals surface area contributed by atoms with Crippen LogP contribution in [0.15, 0.2) is 59.0 Å². The Balaban J connectivity index is 1.24. The average molecular weight is 543 g/mol. The van der Waals surface area contributed by atoms with Crippen molar-refractivity contribution in [2.45, 2.75) is 43.9 Å². The van der Waals surface area contributed by atoms with Crippen LogP contribution >= 0.6 is 0 Å². The number of aromatic nitrogens is 1. The number of benzene rings is 2. The molecule has 1 atom stereocenters. The SMILES string of the molecule is COc1cccc2c1C(CC=C(NC(=O)c1conc1C)C(=O)Nc1ccc3c(c1)NC(=O)C31CCOCC1)C2. The summed E-state index contributed by atoms with van der Waals surface area (Å²) in [6.45, 7) is 2.72. The number of allylic oxidation sites excluding steroid dienone is 1. The van der Waals surface area contributed by atoms with E-state index in [9.17, 15) is 14.4 Å². The Hall–Kier alpha value is -4.44. The van der Waals surface area contributed by atoms with Crippen LogP contribution in [0.25, 0.3) is 0 Å². The standard InChI is InChI=1S/C30H30N4O6/c1-17-21(16-40-34-17)27(35)32-23(9-6-19-14-18-4-3-5-25(38-2)26(18)19)28(36)31-20-7-8-22-24(15-20)33-29(37)30(22)10-12-39-13-11-30/h3-5,7-9,15-16,19H,6,10-14H2,1-2H3,(H,31,36)(H,32,35)(H,33,37). The van der Waals surface area contributed by atoms with Crippen LogP contribution in [0.5, 0.6) is 5.75 Å². The van der Waals surface area contributed by atoms with E-state index in [1.807, 2.05) is 18.2 Å². The van der Waals surface area contributed by atoms with Crippen molar-refractivity contribution in [3.05, 3.63) is 82.4 Å². The third-order valence-electron chi connectivity index (χ3n) is 8.17. The summed E-state index contributed by atoms with van der Waals surface area (Å²) in [4.78, 5) is 39.4. The molecule has 10 nitrogen and oxygen atoms in total. The van der Waals surface area contributed by atoms with Gasteiger partial charge in [-0.2, -0.15) is 0 Å². The lowest BCUT2D eigenvalue weighted by Crippen LogP contribution is -2.39. The van der Waals surface area contributed by atoms with Crippen molar-refractivity contribution >= 4 is 29.1 Å². The molecule has 2 aromatic carbocycles. The number of ether oxygens (including phenoxy) is 2. The van der Waals surface area contributed by atoms with Crippen LogP contribution in [0.4, 0.5) is 11.4 Å². The summed E-state index contributed by atoms with van der Waals surface area (Å²) < 4.78 is 15.9. The maximum absolute atomic E-state index is 13.5. The van der Waals surface area contributed by atoms with Gasteiger partial charge in [-0.1, -0.05) is 29.4 Å². The van der Waals surface area contributed by atoms with Gasteiger partial charge in [0.25, 0.3) is 11.8 Å². The lowest BCUT2D eigenvalue weighted by Gasteiger charge is -2.31. The van der Waals surface area contributed by atoms with Gasteiger partial charge in [-0.05, 0) is 67.9 Å². The van der Waals surface area contributed by atoms with Crippen molar-refractivity contribution < 1.29 is 28.4 Å². The van der Waals surface area contributed by atoms with Crippen LogP contribution in [-0.2, 0) is 26.2 Å². The van der Waals surface area contributed by atoms with Crippen molar-refractivity contribution in [1.29, 1.82) is 0 Å². The number of hydrogen-bond donors (Lipinski definition) is 3. The van der Waals surface area contributed by atoms with Gasteiger partial charge in [-0.3, -0.25) is 14.4 Å². The minimum atomic E-state index is -0.591. The highest BCUT2D eigenvalue weighted by Crippen LogP contribution is 2.46. The molecular weight excluding hydrogens is 512 g/mol. The van der Waals surface area contributed by atoms with Gasteiger partial charge in [-0.25, -0.2) is 0 Å². The van der Waals surface area contributed by atoms with Gasteiger partial charge < -0.3 is 29.9 Å². The molecule has 40 heavy (non-hydrogen) atoms. The summed E-state index contributed by atoms with van der Waals surface area (Å²) in [7, 11) is 1.64. The number of carbonyl (C=O) groups excluding carboxylic acids is 3. The first-order valence-corrected chi connectivity index (χ1v) is 13.3. The van der Waals surface area contributed by atoms with Crippen molar-refractivity contribution in [1.82, 2.24) is 10.5 Å². The van der Waals surface area contributed by atoms with E-state index < -0.39 is 17.2 Å². The van der Waals surface area contributed by atoms with Gasteiger partial charge in [-0.15, -0.1) is 0 Å². The number of anilines is 2.